The van der Waals surface area contributed by atoms with Gasteiger partial charge in [-0.2, -0.15) is 0 Å². The third-order valence-electron chi connectivity index (χ3n) is 7.78. The molecular weight excluding hydrogens is 474 g/mol. The lowest BCUT2D eigenvalue weighted by atomic mass is 9.65. The van der Waals surface area contributed by atoms with E-state index < -0.39 is 0 Å². The molecule has 0 radical (unpaired) electrons. The predicted octanol–water partition coefficient (Wildman–Crippen LogP) is 4.99. The summed E-state index contributed by atoms with van der Waals surface area (Å²) in [6.07, 6.45) is 3.85. The highest BCUT2D eigenvalue weighted by atomic mass is 16.5. The van der Waals surface area contributed by atoms with Crippen molar-refractivity contribution >= 4 is 23.1 Å². The average molecular weight is 516 g/mol. The van der Waals surface area contributed by atoms with Crippen LogP contribution in [0.15, 0.2) is 42.6 Å². The number of nitrogens with zero attached hydrogens (tertiary/aromatic N) is 5. The summed E-state index contributed by atoms with van der Waals surface area (Å²) in [6.45, 7) is 12.3. The molecule has 4 heterocycles. The van der Waals surface area contributed by atoms with Crippen LogP contribution in [0.1, 0.15) is 31.5 Å². The summed E-state index contributed by atoms with van der Waals surface area (Å²) in [5.74, 6) is 1.36. The Labute approximate surface area is 226 Å². The van der Waals surface area contributed by atoms with Crippen molar-refractivity contribution in [2.75, 3.05) is 69.5 Å². The van der Waals surface area contributed by atoms with Crippen LogP contribution in [0.25, 0.3) is 11.3 Å². The van der Waals surface area contributed by atoms with E-state index in [0.717, 1.165) is 61.1 Å². The van der Waals surface area contributed by atoms with E-state index in [1.807, 2.05) is 19.2 Å². The van der Waals surface area contributed by atoms with E-state index in [0.29, 0.717) is 23.4 Å². The molecule has 8 heteroatoms. The van der Waals surface area contributed by atoms with Crippen molar-refractivity contribution < 1.29 is 4.74 Å². The quantitative estimate of drug-likeness (QED) is 0.435. The highest BCUT2D eigenvalue weighted by Crippen LogP contribution is 2.46. The molecule has 3 aromatic rings. The number of methoxy groups -OCH3 is 1. The first-order chi connectivity index (χ1) is 18.2. The van der Waals surface area contributed by atoms with E-state index in [1.54, 1.807) is 13.3 Å². The van der Waals surface area contributed by atoms with Gasteiger partial charge in [-0.1, -0.05) is 13.8 Å². The molecule has 2 atom stereocenters. The Hall–Kier alpha value is -3.23. The maximum atomic E-state index is 5.19. The molecule has 2 bridgehead atoms. The number of benzene rings is 1. The SMILES string of the molecule is CNc1nc(CCOC)ccc1-c1ccnc(Nc2ccc(N3CC4(C)CN(C)CC(C)(C3)C4)c(C)c2)n1. The van der Waals surface area contributed by atoms with Gasteiger partial charge >= 0.3 is 0 Å². The number of aryl methyl sites for hydroxylation is 1. The van der Waals surface area contributed by atoms with Crippen LogP contribution in [0, 0.1) is 17.8 Å². The van der Waals surface area contributed by atoms with Crippen LogP contribution in [0.2, 0.25) is 0 Å². The van der Waals surface area contributed by atoms with E-state index in [-0.39, 0.29) is 0 Å². The van der Waals surface area contributed by atoms with Gasteiger partial charge in [-0.05, 0) is 73.2 Å². The molecule has 2 aliphatic heterocycles. The number of piperidine rings is 2. The average Bonchev–Trinajstić information content (AvgIpc) is 2.85. The summed E-state index contributed by atoms with van der Waals surface area (Å²) in [4.78, 5) is 19.1. The summed E-state index contributed by atoms with van der Waals surface area (Å²) in [5.41, 5.74) is 6.95. The molecule has 2 aromatic heterocycles. The zero-order valence-electron chi connectivity index (χ0n) is 23.6. The Balaban J connectivity index is 1.34. The molecule has 38 heavy (non-hydrogen) atoms. The Morgan fingerprint density at radius 2 is 1.76 bits per heavy atom. The number of likely N-dealkylation sites (tertiary alicyclic amines) is 1. The maximum absolute atomic E-state index is 5.19. The smallest absolute Gasteiger partial charge is 0.227 e. The number of fused-ring (bicyclic) bond motifs is 2. The Kier molecular flexibility index (Phi) is 7.29. The predicted molar refractivity (Wildman–Crippen MR) is 155 cm³/mol. The van der Waals surface area contributed by atoms with Crippen LogP contribution in [0.5, 0.6) is 0 Å². The molecule has 202 valence electrons. The lowest BCUT2D eigenvalue weighted by Crippen LogP contribution is -2.61. The number of hydrogen-bond donors (Lipinski definition) is 2. The molecule has 8 nitrogen and oxygen atoms in total. The summed E-state index contributed by atoms with van der Waals surface area (Å²) < 4.78 is 5.19. The van der Waals surface area contributed by atoms with Gasteiger partial charge in [0.05, 0.1) is 12.3 Å². The number of rotatable bonds is 8. The van der Waals surface area contributed by atoms with Crippen LogP contribution in [-0.2, 0) is 11.2 Å². The second-order valence-electron chi connectivity index (χ2n) is 11.9. The number of ether oxygens (including phenoxy) is 1. The molecule has 2 saturated heterocycles. The highest BCUT2D eigenvalue weighted by Gasteiger charge is 2.47. The number of aromatic nitrogens is 3. The zero-order valence-corrected chi connectivity index (χ0v) is 23.6. The van der Waals surface area contributed by atoms with Gasteiger partial charge in [0.15, 0.2) is 0 Å². The van der Waals surface area contributed by atoms with E-state index in [4.69, 9.17) is 14.7 Å². The van der Waals surface area contributed by atoms with Gasteiger partial charge in [-0.25, -0.2) is 15.0 Å². The Morgan fingerprint density at radius 3 is 2.45 bits per heavy atom. The second kappa shape index (κ2) is 10.5. The second-order valence-corrected chi connectivity index (χ2v) is 11.9. The van der Waals surface area contributed by atoms with E-state index in [9.17, 15) is 0 Å². The standard InChI is InChI=1S/C30H41N7O/c1-21-15-23(8-10-26(21)37-19-29(2)16-30(3,20-37)18-36(5)17-29)34-28-32-13-11-25(35-28)24-9-7-22(12-14-38-6)33-27(24)31-4/h7-11,13,15H,12,14,16-20H2,1-6H3,(H,31,33)(H,32,34,35). The zero-order chi connectivity index (χ0) is 26.9. The molecule has 2 unspecified atom stereocenters. The molecule has 2 aliphatic rings. The molecule has 1 aromatic carbocycles. The van der Waals surface area contributed by atoms with Crippen LogP contribution in [-0.4, -0.2) is 73.8 Å². The summed E-state index contributed by atoms with van der Waals surface area (Å²) >= 11 is 0. The van der Waals surface area contributed by atoms with Gasteiger partial charge in [0.2, 0.25) is 5.95 Å². The highest BCUT2D eigenvalue weighted by molar-refractivity contribution is 5.73. The molecule has 0 amide bonds. The topological polar surface area (TPSA) is 78.4 Å². The first-order valence-corrected chi connectivity index (χ1v) is 13.5. The third-order valence-corrected chi connectivity index (χ3v) is 7.78. The largest absolute Gasteiger partial charge is 0.384 e. The lowest BCUT2D eigenvalue weighted by molar-refractivity contribution is 0.00531. The molecule has 2 fully saturated rings. The number of nitrogens with one attached hydrogen (secondary N) is 2. The molecule has 0 aliphatic carbocycles. The molecule has 0 spiro atoms. The van der Waals surface area contributed by atoms with Crippen LogP contribution >= 0.6 is 0 Å². The fraction of sp³-hybridized carbons (Fsp3) is 0.500. The van der Waals surface area contributed by atoms with E-state index >= 15 is 0 Å². The molecular formula is C30H41N7O. The van der Waals surface area contributed by atoms with Crippen molar-refractivity contribution in [2.24, 2.45) is 10.8 Å². The molecule has 5 rings (SSSR count). The summed E-state index contributed by atoms with van der Waals surface area (Å²) in [6, 6.07) is 12.6. The number of hydrogen-bond acceptors (Lipinski definition) is 8. The van der Waals surface area contributed by atoms with Crippen LogP contribution in [0.4, 0.5) is 23.1 Å². The normalized spacial score (nSPS) is 23.4. The van der Waals surface area contributed by atoms with Gasteiger partial charge < -0.3 is 25.2 Å². The Morgan fingerprint density at radius 1 is 1.00 bits per heavy atom. The van der Waals surface area contributed by atoms with Crippen LogP contribution in [0.3, 0.4) is 0 Å². The first kappa shape index (κ1) is 26.4. The number of pyridine rings is 1. The Bertz CT molecular complexity index is 1280. The molecule has 2 N–H and O–H groups in total. The van der Waals surface area contributed by atoms with Crippen molar-refractivity contribution in [1.29, 1.82) is 0 Å². The van der Waals surface area contributed by atoms with Gasteiger partial charge in [0.25, 0.3) is 0 Å². The first-order valence-electron chi connectivity index (χ1n) is 13.5. The fourth-order valence-corrected chi connectivity index (χ4v) is 6.89. The number of anilines is 4. The fourth-order valence-electron chi connectivity index (χ4n) is 6.89. The summed E-state index contributed by atoms with van der Waals surface area (Å²) in [5, 5.41) is 6.62. The lowest BCUT2D eigenvalue weighted by Gasteiger charge is -2.57. The van der Waals surface area contributed by atoms with E-state index in [1.165, 1.54) is 17.7 Å². The van der Waals surface area contributed by atoms with Gasteiger partial charge in [-0.15, -0.1) is 0 Å². The van der Waals surface area contributed by atoms with Crippen molar-refractivity contribution in [1.82, 2.24) is 19.9 Å². The third kappa shape index (κ3) is 5.61. The minimum absolute atomic E-state index is 0.320. The minimum atomic E-state index is 0.320. The van der Waals surface area contributed by atoms with Crippen molar-refractivity contribution in [2.45, 2.75) is 33.6 Å². The van der Waals surface area contributed by atoms with Crippen molar-refractivity contribution in [3.05, 3.63) is 53.9 Å². The van der Waals surface area contributed by atoms with Crippen LogP contribution < -0.4 is 15.5 Å². The monoisotopic (exact) mass is 515 g/mol. The van der Waals surface area contributed by atoms with Crippen molar-refractivity contribution in [3.63, 3.8) is 0 Å². The molecule has 0 saturated carbocycles. The van der Waals surface area contributed by atoms with E-state index in [2.05, 4.69) is 77.5 Å². The van der Waals surface area contributed by atoms with Gasteiger partial charge in [-0.3, -0.25) is 0 Å². The van der Waals surface area contributed by atoms with Gasteiger partial charge in [0.1, 0.15) is 5.82 Å². The minimum Gasteiger partial charge on any atom is -0.384 e. The van der Waals surface area contributed by atoms with Crippen molar-refractivity contribution in [3.8, 4) is 11.3 Å². The van der Waals surface area contributed by atoms with Gasteiger partial charge in [0, 0.05) is 75.6 Å². The summed E-state index contributed by atoms with van der Waals surface area (Å²) in [7, 11) is 5.85. The maximum Gasteiger partial charge on any atom is 0.227 e.